The van der Waals surface area contributed by atoms with E-state index < -0.39 is 0 Å². The average molecular weight is 159 g/mol. The predicted molar refractivity (Wildman–Crippen MR) is 54.1 cm³/mol. The first-order valence-electron chi connectivity index (χ1n) is 3.94. The van der Waals surface area contributed by atoms with Gasteiger partial charge in [-0.05, 0) is 24.6 Å². The van der Waals surface area contributed by atoms with Gasteiger partial charge in [-0.2, -0.15) is 0 Å². The summed E-state index contributed by atoms with van der Waals surface area (Å²) in [7, 11) is 0. The zero-order valence-corrected chi connectivity index (χ0v) is 7.25. The Morgan fingerprint density at radius 3 is 2.75 bits per heavy atom. The largest absolute Gasteiger partial charge is 0.361 e. The van der Waals surface area contributed by atoms with E-state index in [1.807, 2.05) is 30.5 Å². The van der Waals surface area contributed by atoms with Crippen LogP contribution in [0.15, 0.2) is 49.2 Å². The van der Waals surface area contributed by atoms with Crippen LogP contribution in [0.4, 0.5) is 5.69 Å². The number of aryl methyl sites for hydroxylation is 1. The minimum absolute atomic E-state index is 1.13. The molecule has 0 bridgehead atoms. The molecule has 0 aliphatic rings. The van der Waals surface area contributed by atoms with Gasteiger partial charge in [0.25, 0.3) is 0 Å². The zero-order valence-electron chi connectivity index (χ0n) is 7.25. The van der Waals surface area contributed by atoms with Crippen LogP contribution in [0.3, 0.4) is 0 Å². The van der Waals surface area contributed by atoms with Gasteiger partial charge in [-0.3, -0.25) is 0 Å². The normalized spacial score (nSPS) is 10.1. The maximum absolute atomic E-state index is 3.59. The lowest BCUT2D eigenvalue weighted by Gasteiger charge is -2.03. The van der Waals surface area contributed by atoms with Crippen molar-refractivity contribution in [1.29, 1.82) is 0 Å². The van der Waals surface area contributed by atoms with Crippen molar-refractivity contribution in [2.24, 2.45) is 0 Å². The maximum Gasteiger partial charge on any atom is 0.0409 e. The van der Waals surface area contributed by atoms with Gasteiger partial charge in [0.15, 0.2) is 0 Å². The second-order valence-corrected chi connectivity index (χ2v) is 2.55. The molecule has 12 heavy (non-hydrogen) atoms. The molecule has 0 aromatic heterocycles. The molecule has 1 rings (SSSR count). The van der Waals surface area contributed by atoms with E-state index in [0.717, 1.165) is 5.69 Å². The SMILES string of the molecule is C=C/C=C\Nc1ccccc1C. The van der Waals surface area contributed by atoms with Gasteiger partial charge in [0.05, 0.1) is 0 Å². The summed E-state index contributed by atoms with van der Waals surface area (Å²) in [5.74, 6) is 0. The van der Waals surface area contributed by atoms with Crippen LogP contribution in [0.25, 0.3) is 0 Å². The number of hydrogen-bond donors (Lipinski definition) is 1. The van der Waals surface area contributed by atoms with Gasteiger partial charge < -0.3 is 5.32 Å². The first-order chi connectivity index (χ1) is 5.84. The molecule has 0 saturated carbocycles. The van der Waals surface area contributed by atoms with Crippen LogP contribution in [0.5, 0.6) is 0 Å². The number of benzene rings is 1. The summed E-state index contributed by atoms with van der Waals surface area (Å²) in [5.41, 5.74) is 2.38. The van der Waals surface area contributed by atoms with Crippen LogP contribution in [0.2, 0.25) is 0 Å². The highest BCUT2D eigenvalue weighted by atomic mass is 14.8. The van der Waals surface area contributed by atoms with E-state index in [1.54, 1.807) is 6.08 Å². The standard InChI is InChI=1S/C11H13N/c1-3-4-9-12-11-8-6-5-7-10(11)2/h3-9,12H,1H2,2H3/b9-4-. The number of allylic oxidation sites excluding steroid dienone is 2. The van der Waals surface area contributed by atoms with E-state index in [0.29, 0.717) is 0 Å². The summed E-state index contributed by atoms with van der Waals surface area (Å²) in [5, 5.41) is 3.16. The van der Waals surface area contributed by atoms with E-state index in [-0.39, 0.29) is 0 Å². The molecule has 1 nitrogen and oxygen atoms in total. The molecule has 62 valence electrons. The maximum atomic E-state index is 3.59. The van der Waals surface area contributed by atoms with Crippen molar-refractivity contribution >= 4 is 5.69 Å². The van der Waals surface area contributed by atoms with Gasteiger partial charge in [0.2, 0.25) is 0 Å². The average Bonchev–Trinajstić information content (AvgIpc) is 2.09. The van der Waals surface area contributed by atoms with Crippen LogP contribution in [-0.4, -0.2) is 0 Å². The molecule has 0 saturated heterocycles. The van der Waals surface area contributed by atoms with E-state index in [9.17, 15) is 0 Å². The highest BCUT2D eigenvalue weighted by Gasteiger charge is 1.90. The van der Waals surface area contributed by atoms with Crippen molar-refractivity contribution < 1.29 is 0 Å². The summed E-state index contributed by atoms with van der Waals surface area (Å²) in [6, 6.07) is 8.15. The lowest BCUT2D eigenvalue weighted by molar-refractivity contribution is 1.44. The highest BCUT2D eigenvalue weighted by Crippen LogP contribution is 2.12. The number of anilines is 1. The molecule has 0 atom stereocenters. The summed E-state index contributed by atoms with van der Waals surface area (Å²) < 4.78 is 0. The number of nitrogens with one attached hydrogen (secondary N) is 1. The monoisotopic (exact) mass is 159 g/mol. The Morgan fingerprint density at radius 2 is 2.08 bits per heavy atom. The zero-order chi connectivity index (χ0) is 8.81. The smallest absolute Gasteiger partial charge is 0.0409 e. The first kappa shape index (κ1) is 8.60. The predicted octanol–water partition coefficient (Wildman–Crippen LogP) is 3.11. The van der Waals surface area contributed by atoms with Crippen LogP contribution in [-0.2, 0) is 0 Å². The van der Waals surface area contributed by atoms with Crippen molar-refractivity contribution in [2.45, 2.75) is 6.92 Å². The molecule has 1 aromatic rings. The second kappa shape index (κ2) is 4.39. The summed E-state index contributed by atoms with van der Waals surface area (Å²) in [4.78, 5) is 0. The van der Waals surface area contributed by atoms with Gasteiger partial charge in [-0.15, -0.1) is 0 Å². The van der Waals surface area contributed by atoms with Gasteiger partial charge in [-0.1, -0.05) is 30.9 Å². The van der Waals surface area contributed by atoms with E-state index in [1.165, 1.54) is 5.56 Å². The Kier molecular flexibility index (Phi) is 3.15. The van der Waals surface area contributed by atoms with Crippen LogP contribution in [0.1, 0.15) is 5.56 Å². The highest BCUT2D eigenvalue weighted by molar-refractivity contribution is 5.52. The fraction of sp³-hybridized carbons (Fsp3) is 0.0909. The molecule has 0 spiro atoms. The molecule has 0 amide bonds. The fourth-order valence-electron chi connectivity index (χ4n) is 0.941. The van der Waals surface area contributed by atoms with Crippen molar-refractivity contribution in [1.82, 2.24) is 0 Å². The summed E-state index contributed by atoms with van der Waals surface area (Å²) in [6.45, 7) is 5.66. The Balaban J connectivity index is 2.69. The second-order valence-electron chi connectivity index (χ2n) is 2.55. The van der Waals surface area contributed by atoms with Gasteiger partial charge in [0, 0.05) is 11.9 Å². The van der Waals surface area contributed by atoms with Crippen molar-refractivity contribution in [3.63, 3.8) is 0 Å². The Hall–Kier alpha value is -1.50. The quantitative estimate of drug-likeness (QED) is 0.668. The minimum atomic E-state index is 1.13. The van der Waals surface area contributed by atoms with E-state index >= 15 is 0 Å². The topological polar surface area (TPSA) is 12.0 Å². The summed E-state index contributed by atoms with van der Waals surface area (Å²) >= 11 is 0. The summed E-state index contributed by atoms with van der Waals surface area (Å²) in [6.07, 6.45) is 5.48. The Labute approximate surface area is 73.4 Å². The molecule has 1 heteroatoms. The third kappa shape index (κ3) is 2.27. The molecule has 0 unspecified atom stereocenters. The molecular weight excluding hydrogens is 146 g/mol. The molecule has 0 radical (unpaired) electrons. The minimum Gasteiger partial charge on any atom is -0.361 e. The van der Waals surface area contributed by atoms with Gasteiger partial charge in [0.1, 0.15) is 0 Å². The molecule has 1 N–H and O–H groups in total. The molecule has 0 aliphatic heterocycles. The third-order valence-electron chi connectivity index (χ3n) is 1.62. The molecule has 0 heterocycles. The lowest BCUT2D eigenvalue weighted by Crippen LogP contribution is -1.88. The van der Waals surface area contributed by atoms with Crippen LogP contribution < -0.4 is 5.32 Å². The Morgan fingerprint density at radius 1 is 1.33 bits per heavy atom. The van der Waals surface area contributed by atoms with E-state index in [2.05, 4.69) is 24.9 Å². The molecule has 0 fully saturated rings. The molecule has 0 aliphatic carbocycles. The number of para-hydroxylation sites is 1. The van der Waals surface area contributed by atoms with Crippen molar-refractivity contribution in [3.8, 4) is 0 Å². The molecule has 1 aromatic carbocycles. The molecular formula is C11H13N. The van der Waals surface area contributed by atoms with Crippen LogP contribution >= 0.6 is 0 Å². The van der Waals surface area contributed by atoms with Gasteiger partial charge >= 0.3 is 0 Å². The Bertz CT molecular complexity index is 287. The number of hydrogen-bond acceptors (Lipinski definition) is 1. The van der Waals surface area contributed by atoms with Crippen molar-refractivity contribution in [3.05, 3.63) is 54.8 Å². The van der Waals surface area contributed by atoms with Crippen molar-refractivity contribution in [2.75, 3.05) is 5.32 Å². The lowest BCUT2D eigenvalue weighted by atomic mass is 10.2. The van der Waals surface area contributed by atoms with Gasteiger partial charge in [-0.25, -0.2) is 0 Å². The first-order valence-corrected chi connectivity index (χ1v) is 3.94. The van der Waals surface area contributed by atoms with E-state index in [4.69, 9.17) is 0 Å². The fourth-order valence-corrected chi connectivity index (χ4v) is 0.941. The van der Waals surface area contributed by atoms with Crippen LogP contribution in [0, 0.1) is 6.92 Å². The third-order valence-corrected chi connectivity index (χ3v) is 1.62. The number of rotatable bonds is 3.